The number of likely N-dealkylation sites (N-methyl/N-ethyl adjacent to an activating group) is 1. The van der Waals surface area contributed by atoms with Gasteiger partial charge in [-0.25, -0.2) is 0 Å². The molecule has 188 valence electrons. The quantitative estimate of drug-likeness (QED) is 0.312. The van der Waals surface area contributed by atoms with E-state index in [4.69, 9.17) is 9.47 Å². The summed E-state index contributed by atoms with van der Waals surface area (Å²) >= 11 is 1.43. The summed E-state index contributed by atoms with van der Waals surface area (Å²) in [5, 5.41) is 9.68. The lowest BCUT2D eigenvalue weighted by Gasteiger charge is -2.23. The molecule has 8 heteroatoms. The van der Waals surface area contributed by atoms with Gasteiger partial charge in [0.2, 0.25) is 0 Å². The molecule has 1 atom stereocenters. The first kappa shape index (κ1) is 24.6. The average Bonchev–Trinajstić information content (AvgIpc) is 3.59. The fraction of sp³-hybridized carbons (Fsp3) is 0.393. The number of para-hydroxylation sites is 1. The van der Waals surface area contributed by atoms with Gasteiger partial charge in [-0.2, -0.15) is 0 Å². The number of hydrogen-bond donors (Lipinski definition) is 0. The molecule has 0 N–H and O–H groups in total. The molecule has 0 saturated carbocycles. The van der Waals surface area contributed by atoms with Gasteiger partial charge in [-0.05, 0) is 48.7 Å². The van der Waals surface area contributed by atoms with Crippen molar-refractivity contribution in [1.82, 2.24) is 14.8 Å². The molecule has 3 heterocycles. The van der Waals surface area contributed by atoms with E-state index in [0.717, 1.165) is 53.1 Å². The minimum absolute atomic E-state index is 0.0559. The Hall–Kier alpha value is -3.10. The number of benzene rings is 2. The zero-order valence-electron chi connectivity index (χ0n) is 21.2. The Labute approximate surface area is 216 Å². The summed E-state index contributed by atoms with van der Waals surface area (Å²) in [5.74, 6) is 1.91. The van der Waals surface area contributed by atoms with Crippen molar-refractivity contribution in [2.24, 2.45) is 0 Å². The SMILES string of the molecule is COc1ccc(-c2nnc(SCC(=O)C=C3N(C)c4ccccc4C3(C)C)n2CC2CCCO2)cc1. The first-order chi connectivity index (χ1) is 17.4. The Morgan fingerprint density at radius 2 is 1.97 bits per heavy atom. The highest BCUT2D eigenvalue weighted by Gasteiger charge is 2.38. The van der Waals surface area contributed by atoms with E-state index in [1.54, 1.807) is 13.2 Å². The smallest absolute Gasteiger partial charge is 0.192 e. The number of nitrogens with zero attached hydrogens (tertiary/aromatic N) is 4. The number of anilines is 1. The lowest BCUT2D eigenvalue weighted by molar-refractivity contribution is -0.112. The van der Waals surface area contributed by atoms with Gasteiger partial charge in [0.25, 0.3) is 0 Å². The summed E-state index contributed by atoms with van der Waals surface area (Å²) in [4.78, 5) is 15.3. The summed E-state index contributed by atoms with van der Waals surface area (Å²) in [6.45, 7) is 5.78. The highest BCUT2D eigenvalue weighted by Crippen LogP contribution is 2.46. The first-order valence-corrected chi connectivity index (χ1v) is 13.3. The zero-order chi connectivity index (χ0) is 25.3. The van der Waals surface area contributed by atoms with Crippen molar-refractivity contribution in [2.75, 3.05) is 31.4 Å². The van der Waals surface area contributed by atoms with Gasteiger partial charge in [-0.15, -0.1) is 10.2 Å². The van der Waals surface area contributed by atoms with E-state index in [1.165, 1.54) is 17.3 Å². The number of allylic oxidation sites excluding steroid dienone is 2. The van der Waals surface area contributed by atoms with Crippen LogP contribution in [0.25, 0.3) is 11.4 Å². The van der Waals surface area contributed by atoms with Crippen LogP contribution < -0.4 is 9.64 Å². The molecule has 2 aliphatic rings. The number of carbonyl (C=O) groups is 1. The highest BCUT2D eigenvalue weighted by molar-refractivity contribution is 7.99. The number of hydrogen-bond acceptors (Lipinski definition) is 7. The number of thioether (sulfide) groups is 1. The molecular formula is C28H32N4O3S. The van der Waals surface area contributed by atoms with Gasteiger partial charge in [0, 0.05) is 42.1 Å². The fourth-order valence-electron chi connectivity index (χ4n) is 5.09. The number of aromatic nitrogens is 3. The van der Waals surface area contributed by atoms with Gasteiger partial charge >= 0.3 is 0 Å². The summed E-state index contributed by atoms with van der Waals surface area (Å²) in [7, 11) is 3.68. The average molecular weight is 505 g/mol. The maximum atomic E-state index is 13.1. The molecule has 0 radical (unpaired) electrons. The number of ketones is 1. The molecule has 7 nitrogen and oxygen atoms in total. The van der Waals surface area contributed by atoms with Crippen LogP contribution in [0.1, 0.15) is 32.3 Å². The molecule has 36 heavy (non-hydrogen) atoms. The summed E-state index contributed by atoms with van der Waals surface area (Å²) in [6, 6.07) is 16.1. The highest BCUT2D eigenvalue weighted by atomic mass is 32.2. The van der Waals surface area contributed by atoms with E-state index in [9.17, 15) is 4.79 Å². The normalized spacial score (nSPS) is 19.6. The Balaban J connectivity index is 1.36. The summed E-state index contributed by atoms with van der Waals surface area (Å²) in [6.07, 6.45) is 3.99. The first-order valence-electron chi connectivity index (χ1n) is 12.3. The molecule has 1 unspecified atom stereocenters. The van der Waals surface area contributed by atoms with Crippen LogP contribution in [0.3, 0.4) is 0 Å². The van der Waals surface area contributed by atoms with Crippen molar-refractivity contribution < 1.29 is 14.3 Å². The number of carbonyl (C=O) groups excluding carboxylic acids is 1. The summed E-state index contributed by atoms with van der Waals surface area (Å²) in [5.41, 5.74) is 4.12. The van der Waals surface area contributed by atoms with Crippen molar-refractivity contribution in [3.05, 3.63) is 65.9 Å². The van der Waals surface area contributed by atoms with Crippen molar-refractivity contribution in [3.63, 3.8) is 0 Å². The van der Waals surface area contributed by atoms with Gasteiger partial charge < -0.3 is 14.4 Å². The standard InChI is InChI=1S/C28H32N4O3S/c1-28(2)23-9-5-6-10-24(23)31(3)25(28)16-20(33)18-36-27-30-29-26(19-11-13-21(34-4)14-12-19)32(27)17-22-8-7-15-35-22/h5-6,9-14,16,22H,7-8,15,17-18H2,1-4H3. The monoisotopic (exact) mass is 504 g/mol. The Bertz CT molecular complexity index is 1280. The third-order valence-electron chi connectivity index (χ3n) is 7.06. The van der Waals surface area contributed by atoms with Gasteiger partial charge in [0.05, 0.1) is 25.5 Å². The molecular weight excluding hydrogens is 472 g/mol. The van der Waals surface area contributed by atoms with E-state index in [0.29, 0.717) is 6.54 Å². The van der Waals surface area contributed by atoms with E-state index in [-0.39, 0.29) is 23.1 Å². The van der Waals surface area contributed by atoms with Crippen LogP contribution in [0.15, 0.2) is 65.5 Å². The largest absolute Gasteiger partial charge is 0.497 e. The van der Waals surface area contributed by atoms with Crippen LogP contribution in [0.2, 0.25) is 0 Å². The predicted octanol–water partition coefficient (Wildman–Crippen LogP) is 5.11. The van der Waals surface area contributed by atoms with Crippen LogP contribution >= 0.6 is 11.8 Å². The van der Waals surface area contributed by atoms with Crippen LogP contribution in [-0.4, -0.2) is 53.2 Å². The molecule has 1 saturated heterocycles. The third kappa shape index (κ3) is 4.67. The van der Waals surface area contributed by atoms with Crippen molar-refractivity contribution >= 4 is 23.2 Å². The van der Waals surface area contributed by atoms with Crippen LogP contribution in [0.4, 0.5) is 5.69 Å². The second kappa shape index (κ2) is 10.1. The maximum Gasteiger partial charge on any atom is 0.192 e. The molecule has 5 rings (SSSR count). The molecule has 2 aromatic carbocycles. The minimum atomic E-state index is -0.229. The number of methoxy groups -OCH3 is 1. The van der Waals surface area contributed by atoms with Crippen LogP contribution in [-0.2, 0) is 21.5 Å². The lowest BCUT2D eigenvalue weighted by atomic mass is 9.83. The van der Waals surface area contributed by atoms with E-state index >= 15 is 0 Å². The number of ether oxygens (including phenoxy) is 2. The molecule has 3 aromatic rings. The minimum Gasteiger partial charge on any atom is -0.497 e. The third-order valence-corrected chi connectivity index (χ3v) is 8.05. The Morgan fingerprint density at radius 3 is 2.67 bits per heavy atom. The Kier molecular flexibility index (Phi) is 6.90. The molecule has 2 aliphatic heterocycles. The molecule has 0 spiro atoms. The van der Waals surface area contributed by atoms with Gasteiger partial charge in [-0.3, -0.25) is 9.36 Å². The van der Waals surface area contributed by atoms with Crippen molar-refractivity contribution in [2.45, 2.75) is 49.9 Å². The molecule has 1 fully saturated rings. The van der Waals surface area contributed by atoms with E-state index in [1.807, 2.05) is 37.4 Å². The Morgan fingerprint density at radius 1 is 1.19 bits per heavy atom. The van der Waals surface area contributed by atoms with Gasteiger partial charge in [0.15, 0.2) is 16.8 Å². The number of fused-ring (bicyclic) bond motifs is 1. The summed E-state index contributed by atoms with van der Waals surface area (Å²) < 4.78 is 13.3. The van der Waals surface area contributed by atoms with E-state index < -0.39 is 0 Å². The molecule has 0 amide bonds. The maximum absolute atomic E-state index is 13.1. The lowest BCUT2D eigenvalue weighted by Crippen LogP contribution is -2.24. The second-order valence-corrected chi connectivity index (χ2v) is 10.7. The second-order valence-electron chi connectivity index (χ2n) is 9.77. The van der Waals surface area contributed by atoms with Crippen LogP contribution in [0, 0.1) is 0 Å². The van der Waals surface area contributed by atoms with Crippen molar-refractivity contribution in [3.8, 4) is 17.1 Å². The molecule has 1 aromatic heterocycles. The zero-order valence-corrected chi connectivity index (χ0v) is 22.0. The molecule has 0 bridgehead atoms. The molecule has 0 aliphatic carbocycles. The van der Waals surface area contributed by atoms with E-state index in [2.05, 4.69) is 51.7 Å². The number of rotatable bonds is 8. The van der Waals surface area contributed by atoms with Gasteiger partial charge in [-0.1, -0.05) is 43.8 Å². The van der Waals surface area contributed by atoms with Gasteiger partial charge in [0.1, 0.15) is 5.75 Å². The fourth-order valence-corrected chi connectivity index (χ4v) is 5.86. The van der Waals surface area contributed by atoms with Crippen molar-refractivity contribution in [1.29, 1.82) is 0 Å². The topological polar surface area (TPSA) is 69.5 Å². The predicted molar refractivity (Wildman–Crippen MR) is 143 cm³/mol. The van der Waals surface area contributed by atoms with Crippen LogP contribution in [0.5, 0.6) is 5.75 Å².